The summed E-state index contributed by atoms with van der Waals surface area (Å²) in [7, 11) is 1.48. The molecule has 2 aromatic rings. The van der Waals surface area contributed by atoms with Crippen molar-refractivity contribution in [2.75, 3.05) is 7.11 Å². The lowest BCUT2D eigenvalue weighted by molar-refractivity contribution is 0.103. The van der Waals surface area contributed by atoms with Gasteiger partial charge in [-0.15, -0.1) is 0 Å². The number of aryl methyl sites for hydroxylation is 2. The monoisotopic (exact) mass is 276 g/mol. The average molecular weight is 276 g/mol. The van der Waals surface area contributed by atoms with Gasteiger partial charge in [-0.05, 0) is 37.1 Å². The van der Waals surface area contributed by atoms with Gasteiger partial charge in [-0.25, -0.2) is 8.78 Å². The number of rotatable bonds is 3. The average Bonchev–Trinajstić information content (AvgIpc) is 2.43. The number of hydrogen-bond acceptors (Lipinski definition) is 2. The van der Waals surface area contributed by atoms with Gasteiger partial charge in [0.05, 0.1) is 12.7 Å². The van der Waals surface area contributed by atoms with E-state index >= 15 is 0 Å². The minimum atomic E-state index is -0.863. The minimum absolute atomic E-state index is 0.191. The molecule has 0 aliphatic heterocycles. The van der Waals surface area contributed by atoms with Crippen molar-refractivity contribution in [3.63, 3.8) is 0 Å². The molecular weight excluding hydrogens is 262 g/mol. The molecule has 0 heterocycles. The summed E-state index contributed by atoms with van der Waals surface area (Å²) in [5.41, 5.74) is 0.731. The molecule has 0 bridgehead atoms. The van der Waals surface area contributed by atoms with Gasteiger partial charge in [-0.3, -0.25) is 4.79 Å². The fourth-order valence-corrected chi connectivity index (χ4v) is 1.97. The normalized spacial score (nSPS) is 10.4. The van der Waals surface area contributed by atoms with E-state index in [0.29, 0.717) is 5.75 Å². The molecule has 2 rings (SSSR count). The van der Waals surface area contributed by atoms with Crippen LogP contribution in [-0.2, 0) is 0 Å². The van der Waals surface area contributed by atoms with Crippen LogP contribution in [-0.4, -0.2) is 12.9 Å². The quantitative estimate of drug-likeness (QED) is 0.797. The summed E-state index contributed by atoms with van der Waals surface area (Å²) in [6, 6.07) is 7.09. The molecule has 0 amide bonds. The zero-order valence-electron chi connectivity index (χ0n) is 11.5. The summed E-state index contributed by atoms with van der Waals surface area (Å²) >= 11 is 0. The van der Waals surface area contributed by atoms with E-state index in [1.165, 1.54) is 32.2 Å². The highest BCUT2D eigenvalue weighted by molar-refractivity contribution is 6.09. The molecule has 0 unspecified atom stereocenters. The van der Waals surface area contributed by atoms with Crippen LogP contribution in [0.3, 0.4) is 0 Å². The Labute approximate surface area is 116 Å². The van der Waals surface area contributed by atoms with Crippen LogP contribution in [0.2, 0.25) is 0 Å². The van der Waals surface area contributed by atoms with Gasteiger partial charge >= 0.3 is 0 Å². The Balaban J connectivity index is 2.55. The van der Waals surface area contributed by atoms with Crippen molar-refractivity contribution in [2.45, 2.75) is 13.8 Å². The Bertz CT molecular complexity index is 678. The molecular formula is C16H14F2O2. The van der Waals surface area contributed by atoms with Crippen LogP contribution in [0.25, 0.3) is 0 Å². The third kappa shape index (κ3) is 2.41. The number of hydrogen-bond donors (Lipinski definition) is 0. The van der Waals surface area contributed by atoms with E-state index < -0.39 is 23.0 Å². The van der Waals surface area contributed by atoms with Crippen LogP contribution < -0.4 is 4.74 Å². The topological polar surface area (TPSA) is 26.3 Å². The van der Waals surface area contributed by atoms with E-state index in [1.54, 1.807) is 6.07 Å². The first-order valence-electron chi connectivity index (χ1n) is 6.09. The van der Waals surface area contributed by atoms with E-state index in [4.69, 9.17) is 4.74 Å². The van der Waals surface area contributed by atoms with E-state index in [9.17, 15) is 13.6 Å². The van der Waals surface area contributed by atoms with E-state index in [2.05, 4.69) is 0 Å². The highest BCUT2D eigenvalue weighted by Crippen LogP contribution is 2.24. The zero-order chi connectivity index (χ0) is 14.9. The number of benzene rings is 2. The molecule has 0 aromatic heterocycles. The highest BCUT2D eigenvalue weighted by Gasteiger charge is 2.21. The van der Waals surface area contributed by atoms with Gasteiger partial charge in [-0.2, -0.15) is 0 Å². The first-order chi connectivity index (χ1) is 9.45. The Hall–Kier alpha value is -2.23. The smallest absolute Gasteiger partial charge is 0.199 e. The van der Waals surface area contributed by atoms with Gasteiger partial charge in [0.2, 0.25) is 0 Å². The molecule has 0 saturated heterocycles. The number of ether oxygens (including phenoxy) is 1. The molecule has 0 atom stereocenters. The molecule has 2 nitrogen and oxygen atoms in total. The van der Waals surface area contributed by atoms with Crippen molar-refractivity contribution >= 4 is 5.78 Å². The van der Waals surface area contributed by atoms with Crippen LogP contribution in [0.1, 0.15) is 27.0 Å². The number of carbonyl (C=O) groups is 1. The third-order valence-corrected chi connectivity index (χ3v) is 3.18. The lowest BCUT2D eigenvalue weighted by Gasteiger charge is -2.09. The van der Waals surface area contributed by atoms with Crippen LogP contribution in [0.15, 0.2) is 30.3 Å². The molecule has 0 saturated carbocycles. The number of halogens is 2. The Morgan fingerprint density at radius 1 is 1.05 bits per heavy atom. The molecule has 4 heteroatoms. The van der Waals surface area contributed by atoms with Crippen LogP contribution in [0, 0.1) is 25.5 Å². The predicted molar refractivity (Wildman–Crippen MR) is 72.3 cm³/mol. The van der Waals surface area contributed by atoms with E-state index in [1.807, 2.05) is 6.92 Å². The second kappa shape index (κ2) is 5.41. The van der Waals surface area contributed by atoms with Crippen molar-refractivity contribution in [1.29, 1.82) is 0 Å². The van der Waals surface area contributed by atoms with Crippen molar-refractivity contribution in [2.24, 2.45) is 0 Å². The maximum atomic E-state index is 14.0. The van der Waals surface area contributed by atoms with Crippen LogP contribution >= 0.6 is 0 Å². The molecule has 0 N–H and O–H groups in total. The SMILES string of the molecule is COc1cc(C(=O)c2c(F)ccc(C)c2F)ccc1C. The van der Waals surface area contributed by atoms with Crippen molar-refractivity contribution in [3.8, 4) is 5.75 Å². The second-order valence-electron chi connectivity index (χ2n) is 4.57. The predicted octanol–water partition coefficient (Wildman–Crippen LogP) is 3.82. The van der Waals surface area contributed by atoms with Gasteiger partial charge in [0.1, 0.15) is 17.4 Å². The molecule has 0 aliphatic carbocycles. The Morgan fingerprint density at radius 3 is 2.35 bits per heavy atom. The zero-order valence-corrected chi connectivity index (χ0v) is 11.5. The lowest BCUT2D eigenvalue weighted by atomic mass is 9.99. The lowest BCUT2D eigenvalue weighted by Crippen LogP contribution is -2.09. The molecule has 0 aliphatic rings. The van der Waals surface area contributed by atoms with E-state index in [-0.39, 0.29) is 11.1 Å². The van der Waals surface area contributed by atoms with Gasteiger partial charge in [0.15, 0.2) is 5.78 Å². The maximum Gasteiger partial charge on any atom is 0.199 e. The van der Waals surface area contributed by atoms with Gasteiger partial charge in [0, 0.05) is 5.56 Å². The number of ketones is 1. The second-order valence-corrected chi connectivity index (χ2v) is 4.57. The van der Waals surface area contributed by atoms with Crippen LogP contribution in [0.5, 0.6) is 5.75 Å². The number of methoxy groups -OCH3 is 1. The summed E-state index contributed by atoms with van der Waals surface area (Å²) in [5.74, 6) is -1.88. The Morgan fingerprint density at radius 2 is 1.70 bits per heavy atom. The summed E-state index contributed by atoms with van der Waals surface area (Å²) in [5, 5.41) is 0. The standard InChI is InChI=1S/C16H14F2O2/c1-9-4-6-11(8-13(9)20-3)16(19)14-12(17)7-5-10(2)15(14)18/h4-8H,1-3H3. The van der Waals surface area contributed by atoms with Crippen LogP contribution in [0.4, 0.5) is 8.78 Å². The highest BCUT2D eigenvalue weighted by atomic mass is 19.1. The first-order valence-corrected chi connectivity index (χ1v) is 6.09. The fourth-order valence-electron chi connectivity index (χ4n) is 1.97. The summed E-state index contributed by atoms with van der Waals surface area (Å²) in [4.78, 5) is 12.3. The fraction of sp³-hybridized carbons (Fsp3) is 0.188. The molecule has 0 radical (unpaired) electrons. The molecule has 0 fully saturated rings. The molecule has 20 heavy (non-hydrogen) atoms. The first kappa shape index (κ1) is 14.2. The van der Waals surface area contributed by atoms with Crippen molar-refractivity contribution in [3.05, 3.63) is 64.2 Å². The molecule has 2 aromatic carbocycles. The van der Waals surface area contributed by atoms with Crippen molar-refractivity contribution < 1.29 is 18.3 Å². The summed E-state index contributed by atoms with van der Waals surface area (Å²) in [6.07, 6.45) is 0. The van der Waals surface area contributed by atoms with Gasteiger partial charge < -0.3 is 4.74 Å². The maximum absolute atomic E-state index is 14.0. The number of carbonyl (C=O) groups excluding carboxylic acids is 1. The van der Waals surface area contributed by atoms with Crippen molar-refractivity contribution in [1.82, 2.24) is 0 Å². The minimum Gasteiger partial charge on any atom is -0.496 e. The summed E-state index contributed by atoms with van der Waals surface area (Å²) in [6.45, 7) is 3.31. The van der Waals surface area contributed by atoms with Gasteiger partial charge in [0.25, 0.3) is 0 Å². The largest absolute Gasteiger partial charge is 0.496 e. The summed E-state index contributed by atoms with van der Waals surface area (Å²) < 4.78 is 32.8. The third-order valence-electron chi connectivity index (χ3n) is 3.18. The van der Waals surface area contributed by atoms with E-state index in [0.717, 1.165) is 11.6 Å². The molecule has 104 valence electrons. The van der Waals surface area contributed by atoms with Gasteiger partial charge in [-0.1, -0.05) is 18.2 Å². The molecule has 0 spiro atoms. The Kier molecular flexibility index (Phi) is 3.84.